The van der Waals surface area contributed by atoms with Crippen LogP contribution in [0.5, 0.6) is 0 Å². The summed E-state index contributed by atoms with van der Waals surface area (Å²) < 4.78 is 11.0. The third kappa shape index (κ3) is 4.00. The molecule has 0 radical (unpaired) electrons. The molecule has 1 N–H and O–H groups in total. The van der Waals surface area contributed by atoms with Gasteiger partial charge < -0.3 is 24.3 Å². The Morgan fingerprint density at radius 2 is 1.86 bits per heavy atom. The summed E-state index contributed by atoms with van der Waals surface area (Å²) in [6.07, 6.45) is 3.29. The van der Waals surface area contributed by atoms with E-state index in [-0.39, 0.29) is 0 Å². The molecule has 2 aliphatic heterocycles. The lowest BCUT2D eigenvalue weighted by Crippen LogP contribution is -2.44. The summed E-state index contributed by atoms with van der Waals surface area (Å²) in [6.45, 7) is 6.61. The zero-order valence-electron chi connectivity index (χ0n) is 16.1. The lowest BCUT2D eigenvalue weighted by Gasteiger charge is -2.31. The summed E-state index contributed by atoms with van der Waals surface area (Å²) in [5.41, 5.74) is 1.59. The molecule has 152 valence electrons. The molecule has 10 heteroatoms. The van der Waals surface area contributed by atoms with Crippen LogP contribution in [0, 0.1) is 0 Å². The van der Waals surface area contributed by atoms with Crippen molar-refractivity contribution in [2.24, 2.45) is 0 Å². The van der Waals surface area contributed by atoms with Gasteiger partial charge in [0.05, 0.1) is 25.2 Å². The third-order valence-corrected chi connectivity index (χ3v) is 6.06. The molecule has 0 unspecified atom stereocenters. The molecule has 3 aromatic heterocycles. The van der Waals surface area contributed by atoms with Crippen LogP contribution in [-0.2, 0) is 10.5 Å². The Hall–Kier alpha value is -2.43. The van der Waals surface area contributed by atoms with Crippen LogP contribution in [0.3, 0.4) is 0 Å². The fourth-order valence-electron chi connectivity index (χ4n) is 3.54. The maximum atomic E-state index is 5.53. The maximum Gasteiger partial charge on any atom is 0.228 e. The zero-order valence-corrected chi connectivity index (χ0v) is 16.9. The minimum atomic E-state index is 0.693. The number of aromatic nitrogens is 4. The fraction of sp³-hybridized carbons (Fsp3) is 0.474. The van der Waals surface area contributed by atoms with Crippen LogP contribution in [0.25, 0.3) is 11.0 Å². The van der Waals surface area contributed by atoms with Gasteiger partial charge >= 0.3 is 0 Å². The number of nitrogens with zero attached hydrogens (tertiary/aromatic N) is 6. The van der Waals surface area contributed by atoms with Crippen LogP contribution in [0.2, 0.25) is 0 Å². The van der Waals surface area contributed by atoms with Crippen LogP contribution in [-0.4, -0.2) is 72.4 Å². The molecular formula is C19H23N7O2S. The normalized spacial score (nSPS) is 17.8. The summed E-state index contributed by atoms with van der Waals surface area (Å²) in [6, 6.07) is 3.87. The van der Waals surface area contributed by atoms with Gasteiger partial charge in [-0.1, -0.05) is 11.8 Å². The number of nitrogens with one attached hydrogen (secondary N) is 1. The van der Waals surface area contributed by atoms with Crippen molar-refractivity contribution >= 4 is 34.6 Å². The van der Waals surface area contributed by atoms with Crippen molar-refractivity contribution < 1.29 is 9.15 Å². The number of furan rings is 1. The summed E-state index contributed by atoms with van der Waals surface area (Å²) in [7, 11) is 0. The van der Waals surface area contributed by atoms with E-state index in [1.165, 1.54) is 0 Å². The fourth-order valence-corrected chi connectivity index (χ4v) is 4.39. The van der Waals surface area contributed by atoms with Crippen LogP contribution >= 0.6 is 11.8 Å². The Morgan fingerprint density at radius 3 is 2.66 bits per heavy atom. The van der Waals surface area contributed by atoms with Crippen LogP contribution in [0.1, 0.15) is 5.76 Å². The first-order valence-corrected chi connectivity index (χ1v) is 10.8. The summed E-state index contributed by atoms with van der Waals surface area (Å²) >= 11 is 1.61. The van der Waals surface area contributed by atoms with E-state index in [4.69, 9.17) is 19.1 Å². The van der Waals surface area contributed by atoms with E-state index in [9.17, 15) is 0 Å². The molecule has 0 aromatic carbocycles. The van der Waals surface area contributed by atoms with Gasteiger partial charge in [0.15, 0.2) is 5.82 Å². The standard InChI is InChI=1S/C19H23N7O2S/c1-2-14(28-9-1)12-29-18-16-15(21-13-22-18)17(25-7-10-27-11-8-25)24-19(23-16)26-5-3-20-4-6-26/h1-2,9,13,20H,3-8,10-12H2. The monoisotopic (exact) mass is 413 g/mol. The number of anilines is 2. The average Bonchev–Trinajstić information content (AvgIpc) is 3.32. The molecule has 0 atom stereocenters. The Labute approximate surface area is 172 Å². The van der Waals surface area contributed by atoms with Gasteiger partial charge in [0.2, 0.25) is 5.95 Å². The van der Waals surface area contributed by atoms with Gasteiger partial charge in [-0.3, -0.25) is 0 Å². The number of rotatable bonds is 5. The Balaban J connectivity index is 1.56. The van der Waals surface area contributed by atoms with Crippen molar-refractivity contribution in [3.63, 3.8) is 0 Å². The van der Waals surface area contributed by atoms with Crippen LogP contribution < -0.4 is 15.1 Å². The maximum absolute atomic E-state index is 5.53. The quantitative estimate of drug-likeness (QED) is 0.490. The van der Waals surface area contributed by atoms with Crippen molar-refractivity contribution in [3.05, 3.63) is 30.5 Å². The molecule has 0 amide bonds. The van der Waals surface area contributed by atoms with Crippen molar-refractivity contribution in [2.75, 3.05) is 62.3 Å². The second-order valence-corrected chi connectivity index (χ2v) is 7.89. The molecule has 29 heavy (non-hydrogen) atoms. The van der Waals surface area contributed by atoms with E-state index in [2.05, 4.69) is 25.1 Å². The SMILES string of the molecule is c1coc(CSc2ncnc3c(N4CCOCC4)nc(N4CCNCC4)nc23)c1. The highest BCUT2D eigenvalue weighted by atomic mass is 32.2. The summed E-state index contributed by atoms with van der Waals surface area (Å²) in [4.78, 5) is 23.4. The number of thioether (sulfide) groups is 1. The van der Waals surface area contributed by atoms with Gasteiger partial charge in [-0.15, -0.1) is 0 Å². The van der Waals surface area contributed by atoms with Gasteiger partial charge in [0.25, 0.3) is 0 Å². The van der Waals surface area contributed by atoms with Crippen molar-refractivity contribution in [2.45, 2.75) is 10.8 Å². The van der Waals surface area contributed by atoms with Gasteiger partial charge in [-0.05, 0) is 12.1 Å². The van der Waals surface area contributed by atoms with Gasteiger partial charge in [0.1, 0.15) is 28.1 Å². The first-order chi connectivity index (χ1) is 14.4. The number of ether oxygens (including phenoxy) is 1. The molecule has 0 bridgehead atoms. The zero-order chi connectivity index (χ0) is 19.5. The van der Waals surface area contributed by atoms with E-state index in [0.717, 1.165) is 72.9 Å². The molecule has 0 spiro atoms. The minimum Gasteiger partial charge on any atom is -0.468 e. The number of hydrogen-bond acceptors (Lipinski definition) is 10. The highest BCUT2D eigenvalue weighted by molar-refractivity contribution is 7.98. The lowest BCUT2D eigenvalue weighted by molar-refractivity contribution is 0.122. The van der Waals surface area contributed by atoms with Crippen molar-refractivity contribution in [1.29, 1.82) is 0 Å². The Morgan fingerprint density at radius 1 is 1.00 bits per heavy atom. The van der Waals surface area contributed by atoms with Crippen LogP contribution in [0.15, 0.2) is 34.2 Å². The largest absolute Gasteiger partial charge is 0.468 e. The lowest BCUT2D eigenvalue weighted by atomic mass is 10.3. The number of fused-ring (bicyclic) bond motifs is 1. The second kappa shape index (κ2) is 8.52. The van der Waals surface area contributed by atoms with E-state index in [0.29, 0.717) is 19.0 Å². The van der Waals surface area contributed by atoms with Crippen molar-refractivity contribution in [1.82, 2.24) is 25.3 Å². The predicted octanol–water partition coefficient (Wildman–Crippen LogP) is 1.55. The Kier molecular flexibility index (Phi) is 5.46. The number of morpholine rings is 1. The predicted molar refractivity (Wildman–Crippen MR) is 112 cm³/mol. The molecule has 0 aliphatic carbocycles. The van der Waals surface area contributed by atoms with E-state index >= 15 is 0 Å². The molecular weight excluding hydrogens is 390 g/mol. The van der Waals surface area contributed by atoms with E-state index in [1.54, 1.807) is 24.4 Å². The molecule has 3 aromatic rings. The van der Waals surface area contributed by atoms with Gasteiger partial charge in [-0.25, -0.2) is 15.0 Å². The Bertz CT molecular complexity index is 957. The average molecular weight is 414 g/mol. The molecule has 2 fully saturated rings. The molecule has 0 saturated carbocycles. The molecule has 9 nitrogen and oxygen atoms in total. The van der Waals surface area contributed by atoms with E-state index < -0.39 is 0 Å². The van der Waals surface area contributed by atoms with Crippen LogP contribution in [0.4, 0.5) is 11.8 Å². The molecule has 2 saturated heterocycles. The minimum absolute atomic E-state index is 0.693. The third-order valence-electron chi connectivity index (χ3n) is 5.06. The summed E-state index contributed by atoms with van der Waals surface area (Å²) in [5.74, 6) is 3.22. The molecule has 5 heterocycles. The summed E-state index contributed by atoms with van der Waals surface area (Å²) in [5, 5.41) is 4.23. The highest BCUT2D eigenvalue weighted by Gasteiger charge is 2.23. The van der Waals surface area contributed by atoms with Gasteiger partial charge in [0, 0.05) is 39.3 Å². The number of piperazine rings is 1. The van der Waals surface area contributed by atoms with Crippen molar-refractivity contribution in [3.8, 4) is 0 Å². The molecule has 2 aliphatic rings. The first-order valence-electron chi connectivity index (χ1n) is 9.85. The molecule has 5 rings (SSSR count). The first kappa shape index (κ1) is 18.6. The van der Waals surface area contributed by atoms with Gasteiger partial charge in [-0.2, -0.15) is 4.98 Å². The smallest absolute Gasteiger partial charge is 0.228 e. The topological polar surface area (TPSA) is 92.4 Å². The number of hydrogen-bond donors (Lipinski definition) is 1. The van der Waals surface area contributed by atoms with E-state index in [1.807, 2.05) is 12.1 Å². The second-order valence-electron chi connectivity index (χ2n) is 6.93. The highest BCUT2D eigenvalue weighted by Crippen LogP contribution is 2.32.